The highest BCUT2D eigenvalue weighted by molar-refractivity contribution is 7.16. The number of nitrogens with one attached hydrogen (secondary N) is 1. The van der Waals surface area contributed by atoms with Crippen LogP contribution in [0.2, 0.25) is 4.34 Å². The minimum absolute atomic E-state index is 0.390. The van der Waals surface area contributed by atoms with Crippen LogP contribution in [-0.2, 0) is 12.8 Å². The molecule has 0 saturated heterocycles. The third kappa shape index (κ3) is 4.32. The molecule has 2 aromatic rings. The second-order valence-electron chi connectivity index (χ2n) is 4.57. The van der Waals surface area contributed by atoms with E-state index in [0.717, 1.165) is 30.1 Å². The van der Waals surface area contributed by atoms with E-state index in [4.69, 9.17) is 11.6 Å². The molecule has 1 unspecified atom stereocenters. The van der Waals surface area contributed by atoms with Crippen LogP contribution >= 0.6 is 34.3 Å². The largest absolute Gasteiger partial charge is 0.309 e. The second kappa shape index (κ2) is 7.44. The van der Waals surface area contributed by atoms with Gasteiger partial charge in [0, 0.05) is 27.1 Å². The molecule has 0 spiro atoms. The van der Waals surface area contributed by atoms with Crippen molar-refractivity contribution in [1.82, 2.24) is 5.32 Å². The summed E-state index contributed by atoms with van der Waals surface area (Å²) in [7, 11) is 0. The summed E-state index contributed by atoms with van der Waals surface area (Å²) in [5.41, 5.74) is 0. The molecular weight excluding hydrogens is 294 g/mol. The summed E-state index contributed by atoms with van der Waals surface area (Å²) in [5, 5.41) is 3.63. The number of hydrogen-bond donors (Lipinski definition) is 1. The van der Waals surface area contributed by atoms with Gasteiger partial charge in [0.1, 0.15) is 0 Å². The Morgan fingerprint density at radius 3 is 2.47 bits per heavy atom. The Bertz CT molecular complexity index is 504. The fourth-order valence-electron chi connectivity index (χ4n) is 2.03. The Hall–Kier alpha value is -0.350. The minimum Gasteiger partial charge on any atom is -0.309 e. The van der Waals surface area contributed by atoms with E-state index in [-0.39, 0.29) is 0 Å². The molecule has 2 rings (SSSR count). The summed E-state index contributed by atoms with van der Waals surface area (Å²) >= 11 is 9.67. The summed E-state index contributed by atoms with van der Waals surface area (Å²) in [6, 6.07) is 9.04. The van der Waals surface area contributed by atoms with Crippen molar-refractivity contribution in [3.63, 3.8) is 0 Å². The Morgan fingerprint density at radius 2 is 1.89 bits per heavy atom. The van der Waals surface area contributed by atoms with Crippen molar-refractivity contribution in [2.75, 3.05) is 6.54 Å². The predicted molar refractivity (Wildman–Crippen MR) is 87.8 cm³/mol. The average Bonchev–Trinajstić information content (AvgIpc) is 3.03. The lowest BCUT2D eigenvalue weighted by Gasteiger charge is -2.16. The molecule has 0 aliphatic heterocycles. The number of aryl methyl sites for hydroxylation is 1. The Labute approximate surface area is 128 Å². The van der Waals surface area contributed by atoms with E-state index in [1.54, 1.807) is 11.3 Å². The first-order valence-corrected chi connectivity index (χ1v) is 8.80. The number of thiophene rings is 2. The zero-order valence-electron chi connectivity index (χ0n) is 11.4. The molecule has 104 valence electrons. The maximum absolute atomic E-state index is 6.06. The smallest absolute Gasteiger partial charge is 0.0931 e. The normalized spacial score (nSPS) is 12.8. The van der Waals surface area contributed by atoms with E-state index in [9.17, 15) is 0 Å². The fraction of sp³-hybridized carbons (Fsp3) is 0.467. The molecule has 4 heteroatoms. The van der Waals surface area contributed by atoms with Gasteiger partial charge < -0.3 is 5.32 Å². The highest BCUT2D eigenvalue weighted by Crippen LogP contribution is 2.30. The van der Waals surface area contributed by atoms with E-state index in [2.05, 4.69) is 37.4 Å². The highest BCUT2D eigenvalue weighted by atomic mass is 35.5. The fourth-order valence-corrected chi connectivity index (χ4v) is 4.17. The average molecular weight is 314 g/mol. The van der Waals surface area contributed by atoms with Crippen LogP contribution in [-0.4, -0.2) is 6.54 Å². The summed E-state index contributed by atoms with van der Waals surface area (Å²) in [6.45, 7) is 5.46. The molecule has 0 saturated carbocycles. The maximum atomic E-state index is 6.06. The van der Waals surface area contributed by atoms with Crippen LogP contribution in [0.15, 0.2) is 24.3 Å². The molecular formula is C15H20ClNS2. The SMILES string of the molecule is CCCNC(Cc1ccc(CC)s1)c1ccc(Cl)s1. The minimum atomic E-state index is 0.390. The van der Waals surface area contributed by atoms with Gasteiger partial charge in [0.15, 0.2) is 0 Å². The zero-order chi connectivity index (χ0) is 13.7. The van der Waals surface area contributed by atoms with Gasteiger partial charge in [0.05, 0.1) is 4.34 Å². The van der Waals surface area contributed by atoms with E-state index in [1.807, 2.05) is 17.4 Å². The Morgan fingerprint density at radius 1 is 1.11 bits per heavy atom. The molecule has 2 aromatic heterocycles. The van der Waals surface area contributed by atoms with Crippen molar-refractivity contribution in [2.45, 2.75) is 39.2 Å². The first-order valence-electron chi connectivity index (χ1n) is 6.79. The molecule has 0 aliphatic carbocycles. The van der Waals surface area contributed by atoms with E-state index < -0.39 is 0 Å². The number of hydrogen-bond acceptors (Lipinski definition) is 3. The predicted octanol–water partition coefficient (Wildman–Crippen LogP) is 5.31. The molecule has 19 heavy (non-hydrogen) atoms. The molecule has 2 heterocycles. The number of rotatable bonds is 7. The maximum Gasteiger partial charge on any atom is 0.0931 e. The lowest BCUT2D eigenvalue weighted by atomic mass is 10.1. The first-order chi connectivity index (χ1) is 9.22. The van der Waals surface area contributed by atoms with Crippen LogP contribution in [0.1, 0.15) is 40.9 Å². The van der Waals surface area contributed by atoms with Gasteiger partial charge in [-0.1, -0.05) is 25.4 Å². The van der Waals surface area contributed by atoms with Crippen LogP contribution in [0.3, 0.4) is 0 Å². The molecule has 0 fully saturated rings. The zero-order valence-corrected chi connectivity index (χ0v) is 13.8. The Balaban J connectivity index is 2.09. The van der Waals surface area contributed by atoms with Crippen molar-refractivity contribution in [3.05, 3.63) is 43.2 Å². The van der Waals surface area contributed by atoms with Crippen molar-refractivity contribution >= 4 is 34.3 Å². The second-order valence-corrected chi connectivity index (χ2v) is 7.57. The van der Waals surface area contributed by atoms with E-state index >= 15 is 0 Å². The van der Waals surface area contributed by atoms with Gasteiger partial charge in [-0.3, -0.25) is 0 Å². The molecule has 0 radical (unpaired) electrons. The Kier molecular flexibility index (Phi) is 5.89. The summed E-state index contributed by atoms with van der Waals surface area (Å²) < 4.78 is 0.874. The van der Waals surface area contributed by atoms with Crippen LogP contribution in [0.4, 0.5) is 0 Å². The van der Waals surface area contributed by atoms with Gasteiger partial charge >= 0.3 is 0 Å². The quantitative estimate of drug-likeness (QED) is 0.730. The topological polar surface area (TPSA) is 12.0 Å². The molecule has 0 aromatic carbocycles. The summed E-state index contributed by atoms with van der Waals surface area (Å²) in [6.07, 6.45) is 3.34. The van der Waals surface area contributed by atoms with Crippen molar-refractivity contribution < 1.29 is 0 Å². The third-order valence-electron chi connectivity index (χ3n) is 3.05. The monoisotopic (exact) mass is 313 g/mol. The van der Waals surface area contributed by atoms with E-state index in [1.165, 1.54) is 14.6 Å². The van der Waals surface area contributed by atoms with Crippen molar-refractivity contribution in [1.29, 1.82) is 0 Å². The molecule has 1 N–H and O–H groups in total. The number of halogens is 1. The van der Waals surface area contributed by atoms with E-state index in [0.29, 0.717) is 6.04 Å². The van der Waals surface area contributed by atoms with Gasteiger partial charge in [-0.05, 0) is 43.7 Å². The molecule has 0 bridgehead atoms. The first kappa shape index (κ1) is 15.0. The highest BCUT2D eigenvalue weighted by Gasteiger charge is 2.14. The molecule has 1 nitrogen and oxygen atoms in total. The lowest BCUT2D eigenvalue weighted by Crippen LogP contribution is -2.22. The molecule has 1 atom stereocenters. The van der Waals surface area contributed by atoms with Crippen LogP contribution in [0, 0.1) is 0 Å². The van der Waals surface area contributed by atoms with Crippen molar-refractivity contribution in [2.24, 2.45) is 0 Å². The van der Waals surface area contributed by atoms with Gasteiger partial charge in [-0.2, -0.15) is 0 Å². The van der Waals surface area contributed by atoms with Crippen LogP contribution in [0.5, 0.6) is 0 Å². The molecule has 0 aliphatic rings. The lowest BCUT2D eigenvalue weighted by molar-refractivity contribution is 0.539. The standard InChI is InChI=1S/C15H20ClNS2/c1-3-9-17-13(14-7-8-15(16)19-14)10-12-6-5-11(4-2)18-12/h5-8,13,17H,3-4,9-10H2,1-2H3. The van der Waals surface area contributed by atoms with Gasteiger partial charge in [0.2, 0.25) is 0 Å². The van der Waals surface area contributed by atoms with Gasteiger partial charge in [0.25, 0.3) is 0 Å². The summed E-state index contributed by atoms with van der Waals surface area (Å²) in [5.74, 6) is 0. The van der Waals surface area contributed by atoms with Crippen LogP contribution in [0.25, 0.3) is 0 Å². The third-order valence-corrected chi connectivity index (χ3v) is 5.65. The van der Waals surface area contributed by atoms with Crippen molar-refractivity contribution in [3.8, 4) is 0 Å². The van der Waals surface area contributed by atoms with Gasteiger partial charge in [-0.25, -0.2) is 0 Å². The summed E-state index contributed by atoms with van der Waals surface area (Å²) in [4.78, 5) is 4.26. The molecule has 0 amide bonds. The van der Waals surface area contributed by atoms with Gasteiger partial charge in [-0.15, -0.1) is 22.7 Å². The van der Waals surface area contributed by atoms with Crippen LogP contribution < -0.4 is 5.32 Å².